The van der Waals surface area contributed by atoms with Gasteiger partial charge in [0.25, 0.3) is 0 Å². The number of methoxy groups -OCH3 is 1. The summed E-state index contributed by atoms with van der Waals surface area (Å²) in [6, 6.07) is 23.0. The maximum atomic E-state index is 13.1. The number of carbonyl (C=O) groups is 2. The van der Waals surface area contributed by atoms with Crippen LogP contribution in [-0.4, -0.2) is 29.8 Å². The van der Waals surface area contributed by atoms with Crippen molar-refractivity contribution in [3.8, 4) is 34.1 Å². The molecule has 4 aromatic carbocycles. The third kappa shape index (κ3) is 5.56. The Kier molecular flexibility index (Phi) is 7.09. The Balaban J connectivity index is 1.52. The molecule has 5 rings (SSSR count). The van der Waals surface area contributed by atoms with Gasteiger partial charge in [0.05, 0.1) is 12.8 Å². The van der Waals surface area contributed by atoms with Crippen LogP contribution in [0.2, 0.25) is 0 Å². The number of anilines is 2. The average molecular weight is 539 g/mol. The average Bonchev–Trinajstić information content (AvgIpc) is 3.25. The number of carbonyl (C=O) groups excluding carboxylic acids is 1. The van der Waals surface area contributed by atoms with Crippen molar-refractivity contribution in [2.45, 2.75) is 32.8 Å². The number of aromatic carboxylic acids is 1. The van der Waals surface area contributed by atoms with E-state index < -0.39 is 12.0 Å². The molecule has 2 amide bonds. The Morgan fingerprint density at radius 2 is 1.55 bits per heavy atom. The smallest absolute Gasteiger partial charge is 0.339 e. The second kappa shape index (κ2) is 10.6. The van der Waals surface area contributed by atoms with Crippen LogP contribution in [0.3, 0.4) is 0 Å². The highest BCUT2D eigenvalue weighted by Gasteiger charge is 2.32. The van der Waals surface area contributed by atoms with Crippen LogP contribution in [0, 0.1) is 6.92 Å². The van der Waals surface area contributed by atoms with E-state index in [0.29, 0.717) is 39.8 Å². The number of hydrogen-bond acceptors (Lipinski definition) is 5. The molecule has 0 spiro atoms. The van der Waals surface area contributed by atoms with Crippen molar-refractivity contribution in [2.24, 2.45) is 0 Å². The lowest BCUT2D eigenvalue weighted by atomic mass is 10.0. The first-order valence-electron chi connectivity index (χ1n) is 12.8. The van der Waals surface area contributed by atoms with E-state index in [4.69, 9.17) is 14.2 Å². The van der Waals surface area contributed by atoms with Gasteiger partial charge in [0.1, 0.15) is 16.9 Å². The lowest BCUT2D eigenvalue weighted by Crippen LogP contribution is -2.24. The maximum absolute atomic E-state index is 13.1. The van der Waals surface area contributed by atoms with Crippen LogP contribution in [0.15, 0.2) is 78.9 Å². The molecule has 0 aliphatic carbocycles. The molecule has 8 nitrogen and oxygen atoms in total. The normalized spacial score (nSPS) is 13.1. The summed E-state index contributed by atoms with van der Waals surface area (Å²) in [5.41, 5.74) is 4.04. The molecular formula is C32H30N2O6. The van der Waals surface area contributed by atoms with E-state index in [9.17, 15) is 14.7 Å². The topological polar surface area (TPSA) is 106 Å². The van der Waals surface area contributed by atoms with Crippen molar-refractivity contribution < 1.29 is 28.9 Å². The van der Waals surface area contributed by atoms with Crippen LogP contribution in [0.5, 0.6) is 23.0 Å². The summed E-state index contributed by atoms with van der Waals surface area (Å²) < 4.78 is 17.7. The first kappa shape index (κ1) is 26.6. The van der Waals surface area contributed by atoms with E-state index >= 15 is 0 Å². The van der Waals surface area contributed by atoms with Crippen molar-refractivity contribution in [3.05, 3.63) is 95.6 Å². The van der Waals surface area contributed by atoms with E-state index in [1.807, 2.05) is 63.2 Å². The standard InChI is InChI=1S/C32H30N2O6/c1-19-8-5-6-10-24(19)33-31(37)34-25-17-21(20-12-14-26(38-4)23(16-20)30(35)36)13-15-27(25)39-28-11-7-9-22-18-32(2,3)40-29(22)28/h5-17H,18H2,1-4H3,(H,35,36)(H2,33,34,37). The molecule has 0 unspecified atom stereocenters. The van der Waals surface area contributed by atoms with Gasteiger partial charge in [-0.25, -0.2) is 9.59 Å². The first-order chi connectivity index (χ1) is 19.1. The molecule has 40 heavy (non-hydrogen) atoms. The molecule has 0 saturated heterocycles. The molecule has 0 saturated carbocycles. The van der Waals surface area contributed by atoms with Crippen LogP contribution in [-0.2, 0) is 6.42 Å². The van der Waals surface area contributed by atoms with E-state index in [-0.39, 0.29) is 16.9 Å². The van der Waals surface area contributed by atoms with Gasteiger partial charge in [-0.2, -0.15) is 0 Å². The number of ether oxygens (including phenoxy) is 3. The Labute approximate surface area is 232 Å². The number of fused-ring (bicyclic) bond motifs is 1. The molecule has 4 aromatic rings. The molecule has 1 heterocycles. The second-order valence-electron chi connectivity index (χ2n) is 10.2. The highest BCUT2D eigenvalue weighted by molar-refractivity contribution is 6.01. The summed E-state index contributed by atoms with van der Waals surface area (Å²) in [5.74, 6) is 0.768. The van der Waals surface area contributed by atoms with Crippen molar-refractivity contribution in [1.82, 2.24) is 0 Å². The van der Waals surface area contributed by atoms with Crippen LogP contribution in [0.25, 0.3) is 11.1 Å². The molecule has 0 fully saturated rings. The fraction of sp³-hybridized carbons (Fsp3) is 0.188. The van der Waals surface area contributed by atoms with Gasteiger partial charge in [-0.3, -0.25) is 0 Å². The Morgan fingerprint density at radius 1 is 0.850 bits per heavy atom. The number of aryl methyl sites for hydroxylation is 1. The Bertz CT molecular complexity index is 1610. The molecule has 1 aliphatic rings. The lowest BCUT2D eigenvalue weighted by molar-refractivity contribution is 0.0693. The van der Waals surface area contributed by atoms with Gasteiger partial charge in [-0.1, -0.05) is 42.5 Å². The maximum Gasteiger partial charge on any atom is 0.339 e. The van der Waals surface area contributed by atoms with Crippen LogP contribution in [0.1, 0.15) is 35.3 Å². The number of amides is 2. The summed E-state index contributed by atoms with van der Waals surface area (Å²) >= 11 is 0. The summed E-state index contributed by atoms with van der Waals surface area (Å²) in [4.78, 5) is 24.9. The zero-order chi connectivity index (χ0) is 28.4. The number of rotatable bonds is 7. The van der Waals surface area contributed by atoms with Crippen molar-refractivity contribution in [2.75, 3.05) is 17.7 Å². The number of hydrogen-bond donors (Lipinski definition) is 3. The van der Waals surface area contributed by atoms with Crippen molar-refractivity contribution in [3.63, 3.8) is 0 Å². The molecular weight excluding hydrogens is 508 g/mol. The van der Waals surface area contributed by atoms with E-state index in [0.717, 1.165) is 17.5 Å². The molecule has 0 radical (unpaired) electrons. The van der Waals surface area contributed by atoms with Gasteiger partial charge in [0.15, 0.2) is 17.2 Å². The zero-order valence-corrected chi connectivity index (χ0v) is 22.7. The second-order valence-corrected chi connectivity index (χ2v) is 10.2. The minimum absolute atomic E-state index is 0.0340. The third-order valence-corrected chi connectivity index (χ3v) is 6.66. The third-order valence-electron chi connectivity index (χ3n) is 6.66. The van der Waals surface area contributed by atoms with Crippen molar-refractivity contribution in [1.29, 1.82) is 0 Å². The fourth-order valence-corrected chi connectivity index (χ4v) is 4.73. The van der Waals surface area contributed by atoms with E-state index in [1.54, 1.807) is 30.3 Å². The number of carboxylic acids is 1. The minimum Gasteiger partial charge on any atom is -0.496 e. The van der Waals surface area contributed by atoms with Gasteiger partial charge in [-0.05, 0) is 73.9 Å². The van der Waals surface area contributed by atoms with Crippen LogP contribution < -0.4 is 24.8 Å². The summed E-state index contributed by atoms with van der Waals surface area (Å²) in [7, 11) is 1.42. The molecule has 8 heteroatoms. The number of benzene rings is 4. The van der Waals surface area contributed by atoms with Gasteiger partial charge in [-0.15, -0.1) is 0 Å². The predicted octanol–water partition coefficient (Wildman–Crippen LogP) is 7.52. The number of carboxylic acid groups (broad SMARTS) is 1. The molecule has 0 aromatic heterocycles. The monoisotopic (exact) mass is 538 g/mol. The minimum atomic E-state index is -1.10. The number of nitrogens with one attached hydrogen (secondary N) is 2. The highest BCUT2D eigenvalue weighted by Crippen LogP contribution is 2.45. The van der Waals surface area contributed by atoms with Gasteiger partial charge in [0, 0.05) is 17.7 Å². The quantitative estimate of drug-likeness (QED) is 0.225. The Hall–Kier alpha value is -4.98. The van der Waals surface area contributed by atoms with Gasteiger partial charge in [0.2, 0.25) is 0 Å². The molecule has 204 valence electrons. The summed E-state index contributed by atoms with van der Waals surface area (Å²) in [6.45, 7) is 5.95. The molecule has 0 atom stereocenters. The molecule has 1 aliphatic heterocycles. The van der Waals surface area contributed by atoms with Gasteiger partial charge < -0.3 is 30.0 Å². The zero-order valence-electron chi connectivity index (χ0n) is 22.7. The molecule has 3 N–H and O–H groups in total. The predicted molar refractivity (Wildman–Crippen MR) is 154 cm³/mol. The summed E-state index contributed by atoms with van der Waals surface area (Å²) in [6.07, 6.45) is 0.756. The SMILES string of the molecule is COc1ccc(-c2ccc(Oc3cccc4c3OC(C)(C)C4)c(NC(=O)Nc3ccccc3C)c2)cc1C(=O)O. The number of para-hydroxylation sites is 2. The van der Waals surface area contributed by atoms with Crippen LogP contribution >= 0.6 is 0 Å². The first-order valence-corrected chi connectivity index (χ1v) is 12.8. The van der Waals surface area contributed by atoms with Crippen LogP contribution in [0.4, 0.5) is 16.2 Å². The largest absolute Gasteiger partial charge is 0.496 e. The van der Waals surface area contributed by atoms with Gasteiger partial charge >= 0.3 is 12.0 Å². The Morgan fingerprint density at radius 3 is 2.27 bits per heavy atom. The van der Waals surface area contributed by atoms with E-state index in [1.165, 1.54) is 13.2 Å². The number of urea groups is 1. The molecule has 0 bridgehead atoms. The van der Waals surface area contributed by atoms with Crippen molar-refractivity contribution >= 4 is 23.4 Å². The lowest BCUT2D eigenvalue weighted by Gasteiger charge is -2.19. The highest BCUT2D eigenvalue weighted by atomic mass is 16.5. The fourth-order valence-electron chi connectivity index (χ4n) is 4.73. The summed E-state index contributed by atoms with van der Waals surface area (Å²) in [5, 5.41) is 15.4. The van der Waals surface area contributed by atoms with E-state index in [2.05, 4.69) is 10.6 Å².